The van der Waals surface area contributed by atoms with Crippen LogP contribution >= 0.6 is 0 Å². The second-order valence-corrected chi connectivity index (χ2v) is 11.9. The maximum Gasteiger partial charge on any atom is 0.123 e. The summed E-state index contributed by atoms with van der Waals surface area (Å²) in [4.78, 5) is 0. The number of aromatic hydroxyl groups is 1. The molecule has 9 aromatic carbocycles. The van der Waals surface area contributed by atoms with Crippen LogP contribution in [0.2, 0.25) is 0 Å². The topological polar surface area (TPSA) is 20.2 Å². The van der Waals surface area contributed by atoms with E-state index in [-0.39, 0.29) is 0 Å². The molecule has 9 rings (SSSR count). The minimum Gasteiger partial charge on any atom is -0.507 e. The summed E-state index contributed by atoms with van der Waals surface area (Å²) < 4.78 is 0. The lowest BCUT2D eigenvalue weighted by Crippen LogP contribution is -1.92. The average Bonchev–Trinajstić information content (AvgIpc) is 3.10. The van der Waals surface area contributed by atoms with Crippen LogP contribution in [0.25, 0.3) is 87.2 Å². The van der Waals surface area contributed by atoms with Crippen molar-refractivity contribution in [3.8, 4) is 39.1 Å². The van der Waals surface area contributed by atoms with Gasteiger partial charge in [-0.2, -0.15) is 0 Å². The van der Waals surface area contributed by atoms with Gasteiger partial charge < -0.3 is 5.11 Å². The minimum atomic E-state index is 0.313. The van der Waals surface area contributed by atoms with Crippen molar-refractivity contribution in [2.45, 2.75) is 0 Å². The molecule has 0 spiro atoms. The molecule has 1 N–H and O–H groups in total. The first-order chi connectivity index (χ1) is 22.2. The predicted molar refractivity (Wildman–Crippen MR) is 192 cm³/mol. The quantitative estimate of drug-likeness (QED) is 0.209. The van der Waals surface area contributed by atoms with Gasteiger partial charge in [0, 0.05) is 5.39 Å². The molecule has 0 saturated heterocycles. The van der Waals surface area contributed by atoms with Gasteiger partial charge in [-0.1, -0.05) is 140 Å². The van der Waals surface area contributed by atoms with Crippen molar-refractivity contribution in [1.82, 2.24) is 0 Å². The maximum absolute atomic E-state index is 10.3. The number of benzene rings is 9. The second kappa shape index (κ2) is 10.1. The van der Waals surface area contributed by atoms with Crippen LogP contribution in [0.4, 0.5) is 0 Å². The molecule has 1 heteroatoms. The van der Waals surface area contributed by atoms with Crippen molar-refractivity contribution in [3.63, 3.8) is 0 Å². The van der Waals surface area contributed by atoms with E-state index in [2.05, 4.69) is 146 Å². The zero-order valence-corrected chi connectivity index (χ0v) is 24.5. The summed E-state index contributed by atoms with van der Waals surface area (Å²) >= 11 is 0. The number of fused-ring (bicyclic) bond motifs is 5. The molecular weight excluding hydrogens is 544 g/mol. The Morgan fingerprint density at radius 1 is 0.289 bits per heavy atom. The third-order valence-corrected chi connectivity index (χ3v) is 9.31. The van der Waals surface area contributed by atoms with E-state index in [0.717, 1.165) is 21.9 Å². The lowest BCUT2D eigenvalue weighted by atomic mass is 9.84. The van der Waals surface area contributed by atoms with Gasteiger partial charge in [-0.25, -0.2) is 0 Å². The number of phenolic OH excluding ortho intramolecular Hbond substituents is 1. The van der Waals surface area contributed by atoms with Crippen LogP contribution in [-0.2, 0) is 0 Å². The van der Waals surface area contributed by atoms with Gasteiger partial charge in [-0.05, 0) is 106 Å². The Morgan fingerprint density at radius 2 is 0.778 bits per heavy atom. The summed E-state index contributed by atoms with van der Waals surface area (Å²) in [5.74, 6) is 0.313. The van der Waals surface area contributed by atoms with Crippen molar-refractivity contribution in [2.24, 2.45) is 0 Å². The summed E-state index contributed by atoms with van der Waals surface area (Å²) in [6.45, 7) is 0. The molecule has 0 bridgehead atoms. The standard InChI is InChI=1S/C44H28O/c45-42-18-8-12-33-26-31(22-24-36(33)42)30-21-23-35-32(25-30)11-7-17-37(35)44-40-15-5-3-13-38(40)43(39-14-4-6-16-41(39)44)34-20-19-28-9-1-2-10-29(28)27-34/h1-27,45H. The molecule has 0 saturated carbocycles. The van der Waals surface area contributed by atoms with Crippen molar-refractivity contribution in [2.75, 3.05) is 0 Å². The highest BCUT2D eigenvalue weighted by molar-refractivity contribution is 6.23. The summed E-state index contributed by atoms with van der Waals surface area (Å²) in [7, 11) is 0. The molecule has 210 valence electrons. The van der Waals surface area contributed by atoms with Crippen LogP contribution < -0.4 is 0 Å². The number of hydrogen-bond donors (Lipinski definition) is 1. The van der Waals surface area contributed by atoms with Crippen molar-refractivity contribution in [3.05, 3.63) is 164 Å². The summed E-state index contributed by atoms with van der Waals surface area (Å²) in [6, 6.07) is 58.6. The van der Waals surface area contributed by atoms with Crippen LogP contribution in [0.3, 0.4) is 0 Å². The molecule has 0 aliphatic heterocycles. The molecular formula is C44H28O. The highest BCUT2D eigenvalue weighted by Crippen LogP contribution is 2.46. The van der Waals surface area contributed by atoms with E-state index in [1.807, 2.05) is 12.1 Å². The van der Waals surface area contributed by atoms with Gasteiger partial charge in [0.2, 0.25) is 0 Å². The van der Waals surface area contributed by atoms with Crippen LogP contribution in [0.15, 0.2) is 164 Å². The average molecular weight is 573 g/mol. The molecule has 0 fully saturated rings. The first-order valence-corrected chi connectivity index (χ1v) is 15.4. The first kappa shape index (κ1) is 25.6. The van der Waals surface area contributed by atoms with E-state index in [1.165, 1.54) is 65.3 Å². The van der Waals surface area contributed by atoms with E-state index in [9.17, 15) is 5.11 Å². The van der Waals surface area contributed by atoms with E-state index >= 15 is 0 Å². The zero-order valence-electron chi connectivity index (χ0n) is 24.5. The number of phenols is 1. The Balaban J connectivity index is 1.28. The SMILES string of the molecule is Oc1cccc2cc(-c3ccc4c(-c5c6ccccc6c(-c6ccc7ccccc7c6)c6ccccc56)cccc4c3)ccc12. The smallest absolute Gasteiger partial charge is 0.123 e. The predicted octanol–water partition coefficient (Wildman–Crippen LogP) is 12.2. The maximum atomic E-state index is 10.3. The van der Waals surface area contributed by atoms with Gasteiger partial charge in [0.05, 0.1) is 0 Å². The molecule has 0 aliphatic carbocycles. The Labute approximate surface area is 261 Å². The summed E-state index contributed by atoms with van der Waals surface area (Å²) in [5, 5.41) is 22.2. The largest absolute Gasteiger partial charge is 0.507 e. The fourth-order valence-corrected chi connectivity index (χ4v) is 7.20. The van der Waals surface area contributed by atoms with Gasteiger partial charge in [-0.15, -0.1) is 0 Å². The molecule has 0 atom stereocenters. The molecule has 0 amide bonds. The van der Waals surface area contributed by atoms with Crippen LogP contribution in [-0.4, -0.2) is 5.11 Å². The number of rotatable bonds is 3. The van der Waals surface area contributed by atoms with Gasteiger partial charge in [0.15, 0.2) is 0 Å². The molecule has 9 aromatic rings. The van der Waals surface area contributed by atoms with Crippen LogP contribution in [0, 0.1) is 0 Å². The Morgan fingerprint density at radius 3 is 1.47 bits per heavy atom. The lowest BCUT2D eigenvalue weighted by molar-refractivity contribution is 0.481. The van der Waals surface area contributed by atoms with Crippen LogP contribution in [0.1, 0.15) is 0 Å². The highest BCUT2D eigenvalue weighted by atomic mass is 16.3. The molecule has 0 heterocycles. The Hall–Kier alpha value is -5.92. The highest BCUT2D eigenvalue weighted by Gasteiger charge is 2.18. The van der Waals surface area contributed by atoms with Gasteiger partial charge in [0.25, 0.3) is 0 Å². The first-order valence-electron chi connectivity index (χ1n) is 15.4. The Bertz CT molecular complexity index is 2550. The van der Waals surface area contributed by atoms with Crippen molar-refractivity contribution < 1.29 is 5.11 Å². The van der Waals surface area contributed by atoms with Crippen molar-refractivity contribution in [1.29, 1.82) is 0 Å². The van der Waals surface area contributed by atoms with E-state index < -0.39 is 0 Å². The number of hydrogen-bond acceptors (Lipinski definition) is 1. The monoisotopic (exact) mass is 572 g/mol. The Kier molecular flexibility index (Phi) is 5.73. The van der Waals surface area contributed by atoms with E-state index in [4.69, 9.17) is 0 Å². The third kappa shape index (κ3) is 4.09. The molecule has 45 heavy (non-hydrogen) atoms. The molecule has 0 aromatic heterocycles. The minimum absolute atomic E-state index is 0.313. The third-order valence-electron chi connectivity index (χ3n) is 9.31. The second-order valence-electron chi connectivity index (χ2n) is 11.9. The fraction of sp³-hybridized carbons (Fsp3) is 0. The molecule has 1 nitrogen and oxygen atoms in total. The van der Waals surface area contributed by atoms with Gasteiger partial charge >= 0.3 is 0 Å². The van der Waals surface area contributed by atoms with E-state index in [1.54, 1.807) is 6.07 Å². The van der Waals surface area contributed by atoms with Gasteiger partial charge in [0.1, 0.15) is 5.75 Å². The zero-order chi connectivity index (χ0) is 29.9. The normalized spacial score (nSPS) is 11.6. The van der Waals surface area contributed by atoms with E-state index in [0.29, 0.717) is 5.75 Å². The fourth-order valence-electron chi connectivity index (χ4n) is 7.20. The molecule has 0 aliphatic rings. The van der Waals surface area contributed by atoms with Gasteiger partial charge in [-0.3, -0.25) is 0 Å². The molecule has 0 unspecified atom stereocenters. The summed E-state index contributed by atoms with van der Waals surface area (Å²) in [5.41, 5.74) is 7.31. The van der Waals surface area contributed by atoms with Crippen molar-refractivity contribution >= 4 is 53.9 Å². The summed E-state index contributed by atoms with van der Waals surface area (Å²) in [6.07, 6.45) is 0. The molecule has 0 radical (unpaired) electrons. The lowest BCUT2D eigenvalue weighted by Gasteiger charge is -2.19. The van der Waals surface area contributed by atoms with Crippen LogP contribution in [0.5, 0.6) is 5.75 Å².